The highest BCUT2D eigenvalue weighted by molar-refractivity contribution is 5.85. The van der Waals surface area contributed by atoms with E-state index in [1.165, 1.54) is 12.3 Å². The van der Waals surface area contributed by atoms with Crippen LogP contribution >= 0.6 is 0 Å². The molecule has 3 rings (SSSR count). The van der Waals surface area contributed by atoms with E-state index in [1.54, 1.807) is 12.1 Å². The van der Waals surface area contributed by atoms with Gasteiger partial charge in [-0.1, -0.05) is 12.1 Å². The van der Waals surface area contributed by atoms with Gasteiger partial charge in [-0.2, -0.15) is 13.2 Å². The van der Waals surface area contributed by atoms with Gasteiger partial charge in [0.25, 0.3) is 0 Å². The van der Waals surface area contributed by atoms with Crippen molar-refractivity contribution in [1.29, 1.82) is 0 Å². The second-order valence-electron chi connectivity index (χ2n) is 5.14. The van der Waals surface area contributed by atoms with Crippen LogP contribution in [-0.4, -0.2) is 15.7 Å². The largest absolute Gasteiger partial charge is 0.418 e. The van der Waals surface area contributed by atoms with Crippen LogP contribution in [0.2, 0.25) is 0 Å². The molecule has 1 aliphatic carbocycles. The Labute approximate surface area is 107 Å². The van der Waals surface area contributed by atoms with Crippen LogP contribution in [0.1, 0.15) is 24.0 Å². The van der Waals surface area contributed by atoms with Crippen molar-refractivity contribution in [3.8, 4) is 0 Å². The lowest BCUT2D eigenvalue weighted by atomic mass is 10.0. The number of aliphatic hydroxyl groups is 1. The number of nitrogens with zero attached hydrogens (tertiary/aromatic N) is 1. The number of pyridine rings is 1. The molecule has 0 radical (unpaired) electrons. The van der Waals surface area contributed by atoms with Gasteiger partial charge in [0.1, 0.15) is 0 Å². The van der Waals surface area contributed by atoms with Crippen LogP contribution in [0.5, 0.6) is 0 Å². The third kappa shape index (κ3) is 2.42. The number of fused-ring (bicyclic) bond motifs is 1. The van der Waals surface area contributed by atoms with Crippen LogP contribution in [0.25, 0.3) is 10.8 Å². The zero-order chi connectivity index (χ0) is 13.7. The maximum atomic E-state index is 12.8. The molecule has 1 fully saturated rings. The van der Waals surface area contributed by atoms with Crippen LogP contribution in [-0.2, 0) is 12.6 Å². The summed E-state index contributed by atoms with van der Waals surface area (Å²) in [5, 5.41) is 10.4. The number of aromatic nitrogens is 1. The van der Waals surface area contributed by atoms with Crippen molar-refractivity contribution in [2.24, 2.45) is 0 Å². The zero-order valence-electron chi connectivity index (χ0n) is 10.0. The molecule has 0 spiro atoms. The predicted molar refractivity (Wildman–Crippen MR) is 64.6 cm³/mol. The fourth-order valence-electron chi connectivity index (χ4n) is 2.26. The molecule has 0 saturated heterocycles. The first kappa shape index (κ1) is 12.4. The molecule has 100 valence electrons. The van der Waals surface area contributed by atoms with Crippen LogP contribution in [0.3, 0.4) is 0 Å². The summed E-state index contributed by atoms with van der Waals surface area (Å²) < 4.78 is 38.5. The van der Waals surface area contributed by atoms with E-state index in [0.717, 1.165) is 24.6 Å². The van der Waals surface area contributed by atoms with Gasteiger partial charge >= 0.3 is 6.18 Å². The number of rotatable bonds is 2. The summed E-state index contributed by atoms with van der Waals surface area (Å²) in [6.45, 7) is 0. The molecule has 0 amide bonds. The van der Waals surface area contributed by atoms with Gasteiger partial charge in [0, 0.05) is 24.2 Å². The first-order chi connectivity index (χ1) is 8.87. The lowest BCUT2D eigenvalue weighted by Gasteiger charge is -2.12. The van der Waals surface area contributed by atoms with Gasteiger partial charge in [-0.3, -0.25) is 4.98 Å². The van der Waals surface area contributed by atoms with Crippen molar-refractivity contribution >= 4 is 10.8 Å². The molecule has 0 bridgehead atoms. The van der Waals surface area contributed by atoms with Crippen molar-refractivity contribution in [2.45, 2.75) is 31.0 Å². The fourth-order valence-corrected chi connectivity index (χ4v) is 2.26. The van der Waals surface area contributed by atoms with Crippen LogP contribution < -0.4 is 0 Å². The Bertz CT molecular complexity index is 632. The number of benzene rings is 1. The van der Waals surface area contributed by atoms with Gasteiger partial charge < -0.3 is 5.11 Å². The van der Waals surface area contributed by atoms with Crippen molar-refractivity contribution in [1.82, 2.24) is 4.98 Å². The Morgan fingerprint density at radius 3 is 2.58 bits per heavy atom. The molecule has 1 saturated carbocycles. The number of hydrogen-bond donors (Lipinski definition) is 1. The maximum absolute atomic E-state index is 12.8. The van der Waals surface area contributed by atoms with Crippen molar-refractivity contribution in [3.05, 3.63) is 41.7 Å². The van der Waals surface area contributed by atoms with E-state index in [4.69, 9.17) is 0 Å². The quantitative estimate of drug-likeness (QED) is 0.905. The minimum absolute atomic E-state index is 0.147. The average molecular weight is 267 g/mol. The predicted octanol–water partition coefficient (Wildman–Crippen LogP) is 3.32. The Morgan fingerprint density at radius 2 is 1.95 bits per heavy atom. The first-order valence-corrected chi connectivity index (χ1v) is 6.04. The van der Waals surface area contributed by atoms with Gasteiger partial charge in [0.05, 0.1) is 11.2 Å². The van der Waals surface area contributed by atoms with Gasteiger partial charge in [-0.05, 0) is 29.9 Å². The lowest BCUT2D eigenvalue weighted by molar-refractivity contribution is -0.136. The molecule has 2 nitrogen and oxygen atoms in total. The normalized spacial score (nSPS) is 17.7. The van der Waals surface area contributed by atoms with E-state index >= 15 is 0 Å². The average Bonchev–Trinajstić information content (AvgIpc) is 3.04. The van der Waals surface area contributed by atoms with Crippen molar-refractivity contribution in [3.63, 3.8) is 0 Å². The summed E-state index contributed by atoms with van der Waals surface area (Å²) in [5.41, 5.74) is -0.529. The summed E-state index contributed by atoms with van der Waals surface area (Å²) in [4.78, 5) is 3.65. The summed E-state index contributed by atoms with van der Waals surface area (Å²) in [5.74, 6) is 0. The highest BCUT2D eigenvalue weighted by Gasteiger charge is 2.40. The van der Waals surface area contributed by atoms with E-state index in [2.05, 4.69) is 4.98 Å². The number of alkyl halides is 3. The fraction of sp³-hybridized carbons (Fsp3) is 0.357. The smallest absolute Gasteiger partial charge is 0.390 e. The molecule has 1 N–H and O–H groups in total. The molecular formula is C14H12F3NO. The second-order valence-corrected chi connectivity index (χ2v) is 5.14. The van der Waals surface area contributed by atoms with Gasteiger partial charge in [0.15, 0.2) is 0 Å². The summed E-state index contributed by atoms with van der Waals surface area (Å²) in [6.07, 6.45) is -0.138. The summed E-state index contributed by atoms with van der Waals surface area (Å²) in [7, 11) is 0. The minimum atomic E-state index is -4.40. The molecule has 1 heterocycles. The Kier molecular flexibility index (Phi) is 2.57. The molecule has 0 aliphatic heterocycles. The molecule has 1 aliphatic rings. The van der Waals surface area contributed by atoms with Gasteiger partial charge in [-0.15, -0.1) is 0 Å². The lowest BCUT2D eigenvalue weighted by Crippen LogP contribution is -2.11. The van der Waals surface area contributed by atoms with E-state index < -0.39 is 17.3 Å². The van der Waals surface area contributed by atoms with Crippen LogP contribution in [0, 0.1) is 0 Å². The van der Waals surface area contributed by atoms with Crippen LogP contribution in [0.15, 0.2) is 30.6 Å². The highest BCUT2D eigenvalue weighted by Crippen LogP contribution is 2.39. The number of hydrogen-bond acceptors (Lipinski definition) is 2. The summed E-state index contributed by atoms with van der Waals surface area (Å²) in [6, 6.07) is 4.78. The third-order valence-electron chi connectivity index (χ3n) is 3.49. The number of halogens is 3. The maximum Gasteiger partial charge on any atom is 0.418 e. The van der Waals surface area contributed by atoms with Gasteiger partial charge in [-0.25, -0.2) is 0 Å². The zero-order valence-corrected chi connectivity index (χ0v) is 10.0. The molecule has 0 atom stereocenters. The van der Waals surface area contributed by atoms with E-state index in [1.807, 2.05) is 0 Å². The van der Waals surface area contributed by atoms with E-state index in [0.29, 0.717) is 11.8 Å². The third-order valence-corrected chi connectivity index (χ3v) is 3.49. The topological polar surface area (TPSA) is 33.1 Å². The molecule has 0 unspecified atom stereocenters. The monoisotopic (exact) mass is 267 g/mol. The molecule has 1 aromatic heterocycles. The van der Waals surface area contributed by atoms with Gasteiger partial charge in [0.2, 0.25) is 0 Å². The molecular weight excluding hydrogens is 255 g/mol. The molecule has 2 aromatic rings. The van der Waals surface area contributed by atoms with Crippen molar-refractivity contribution < 1.29 is 18.3 Å². The Morgan fingerprint density at radius 1 is 1.21 bits per heavy atom. The van der Waals surface area contributed by atoms with Crippen molar-refractivity contribution in [2.75, 3.05) is 0 Å². The molecule has 5 heteroatoms. The second kappa shape index (κ2) is 3.93. The van der Waals surface area contributed by atoms with E-state index in [-0.39, 0.29) is 5.39 Å². The summed E-state index contributed by atoms with van der Waals surface area (Å²) >= 11 is 0. The first-order valence-electron chi connectivity index (χ1n) is 6.04. The standard InChI is InChI=1S/C14H12F3NO/c15-14(16,17)12-8-18-7-10-5-9(1-2-11(10)12)6-13(19)3-4-13/h1-2,5,7-8,19H,3-4,6H2. The Hall–Kier alpha value is -1.62. The highest BCUT2D eigenvalue weighted by atomic mass is 19.4. The van der Waals surface area contributed by atoms with Crippen LogP contribution in [0.4, 0.5) is 13.2 Å². The Balaban J connectivity index is 2.05. The molecule has 19 heavy (non-hydrogen) atoms. The SMILES string of the molecule is OC1(Cc2ccc3c(C(F)(F)F)cncc3c2)CC1. The van der Waals surface area contributed by atoms with E-state index in [9.17, 15) is 18.3 Å². The minimum Gasteiger partial charge on any atom is -0.390 e. The molecule has 1 aromatic carbocycles.